The highest BCUT2D eigenvalue weighted by Gasteiger charge is 2.24. The van der Waals surface area contributed by atoms with Gasteiger partial charge in [0.1, 0.15) is 5.82 Å². The predicted molar refractivity (Wildman–Crippen MR) is 119 cm³/mol. The van der Waals surface area contributed by atoms with E-state index in [0.717, 1.165) is 78.8 Å². The summed E-state index contributed by atoms with van der Waals surface area (Å²) in [6.07, 6.45) is 4.63. The zero-order chi connectivity index (χ0) is 20.9. The van der Waals surface area contributed by atoms with Crippen LogP contribution in [0.3, 0.4) is 0 Å². The van der Waals surface area contributed by atoms with Crippen molar-refractivity contribution in [3.8, 4) is 11.5 Å². The van der Waals surface area contributed by atoms with Crippen LogP contribution >= 0.6 is 0 Å². The molecule has 6 heterocycles. The quantitative estimate of drug-likeness (QED) is 0.545. The van der Waals surface area contributed by atoms with Crippen molar-refractivity contribution in [2.24, 2.45) is 0 Å². The van der Waals surface area contributed by atoms with Gasteiger partial charge in [-0.15, -0.1) is 0 Å². The molecule has 2 aliphatic heterocycles. The molecule has 0 aromatic carbocycles. The van der Waals surface area contributed by atoms with Gasteiger partial charge in [0, 0.05) is 46.1 Å². The Balaban J connectivity index is 1.24. The summed E-state index contributed by atoms with van der Waals surface area (Å²) in [6.45, 7) is 6.93. The standard InChI is InChI=1S/C22H24N8O/c1-14-25-16-5-6-30-18(21(16)31-14)11-17-19(30)13-24-22(26-17)27-20-4-3-15(12-23-20)29-9-7-28(2)8-10-29/h3-4,11-13H,5-10H2,1-2H3,(H,23,24,26,27). The number of rotatable bonds is 3. The Morgan fingerprint density at radius 1 is 1.00 bits per heavy atom. The van der Waals surface area contributed by atoms with E-state index in [-0.39, 0.29) is 0 Å². The SMILES string of the molecule is Cc1nc2c(o1)-c1cc3nc(Nc4ccc(N5CCN(C)CC5)cn4)ncc3n1CC2. The Bertz CT molecular complexity index is 1250. The monoisotopic (exact) mass is 416 g/mol. The summed E-state index contributed by atoms with van der Waals surface area (Å²) < 4.78 is 8.05. The largest absolute Gasteiger partial charge is 0.439 e. The van der Waals surface area contributed by atoms with Crippen LogP contribution < -0.4 is 10.2 Å². The number of oxazole rings is 1. The van der Waals surface area contributed by atoms with Crippen LogP contribution in [-0.2, 0) is 13.0 Å². The normalized spacial score (nSPS) is 16.4. The maximum atomic E-state index is 5.84. The van der Waals surface area contributed by atoms with Crippen LogP contribution in [0.15, 0.2) is 35.0 Å². The highest BCUT2D eigenvalue weighted by molar-refractivity contribution is 5.84. The highest BCUT2D eigenvalue weighted by atomic mass is 16.4. The molecule has 2 aliphatic rings. The van der Waals surface area contributed by atoms with E-state index in [2.05, 4.69) is 53.8 Å². The first-order valence-corrected chi connectivity index (χ1v) is 10.6. The smallest absolute Gasteiger partial charge is 0.229 e. The molecule has 0 spiro atoms. The molecule has 0 unspecified atom stereocenters. The molecule has 31 heavy (non-hydrogen) atoms. The lowest BCUT2D eigenvalue weighted by atomic mass is 10.1. The Labute approximate surface area is 179 Å². The van der Waals surface area contributed by atoms with Crippen LogP contribution in [0.4, 0.5) is 17.5 Å². The lowest BCUT2D eigenvalue weighted by Crippen LogP contribution is -2.44. The average Bonchev–Trinajstić information content (AvgIpc) is 3.34. The van der Waals surface area contributed by atoms with E-state index in [9.17, 15) is 0 Å². The fourth-order valence-corrected chi connectivity index (χ4v) is 4.41. The molecule has 6 rings (SSSR count). The van der Waals surface area contributed by atoms with E-state index >= 15 is 0 Å². The van der Waals surface area contributed by atoms with E-state index < -0.39 is 0 Å². The minimum atomic E-state index is 0.532. The van der Waals surface area contributed by atoms with Crippen molar-refractivity contribution < 1.29 is 4.42 Å². The zero-order valence-corrected chi connectivity index (χ0v) is 17.7. The number of nitrogens with one attached hydrogen (secondary N) is 1. The number of fused-ring (bicyclic) bond motifs is 5. The molecule has 4 aromatic rings. The Morgan fingerprint density at radius 2 is 1.87 bits per heavy atom. The molecule has 1 N–H and O–H groups in total. The first-order valence-electron chi connectivity index (χ1n) is 10.6. The molecule has 9 heteroatoms. The summed E-state index contributed by atoms with van der Waals surface area (Å²) in [6, 6.07) is 6.13. The maximum Gasteiger partial charge on any atom is 0.229 e. The molecule has 0 bridgehead atoms. The van der Waals surface area contributed by atoms with Crippen molar-refractivity contribution in [2.75, 3.05) is 43.4 Å². The van der Waals surface area contributed by atoms with Crippen LogP contribution in [0.1, 0.15) is 11.6 Å². The molecule has 1 saturated heterocycles. The number of pyridine rings is 1. The number of nitrogens with zero attached hydrogens (tertiary/aromatic N) is 7. The number of anilines is 3. The summed E-state index contributed by atoms with van der Waals surface area (Å²) >= 11 is 0. The van der Waals surface area contributed by atoms with Gasteiger partial charge in [-0.05, 0) is 25.2 Å². The van der Waals surface area contributed by atoms with Gasteiger partial charge in [-0.25, -0.2) is 19.9 Å². The van der Waals surface area contributed by atoms with Crippen LogP contribution in [-0.4, -0.2) is 62.6 Å². The summed E-state index contributed by atoms with van der Waals surface area (Å²) in [5, 5.41) is 3.23. The Kier molecular flexibility index (Phi) is 4.17. The van der Waals surface area contributed by atoms with E-state index in [1.54, 1.807) is 0 Å². The molecular weight excluding hydrogens is 392 g/mol. The number of likely N-dealkylation sites (N-methyl/N-ethyl adjacent to an activating group) is 1. The van der Waals surface area contributed by atoms with Gasteiger partial charge < -0.3 is 24.1 Å². The molecule has 158 valence electrons. The van der Waals surface area contributed by atoms with Gasteiger partial charge >= 0.3 is 0 Å². The van der Waals surface area contributed by atoms with E-state index in [1.165, 1.54) is 0 Å². The van der Waals surface area contributed by atoms with Crippen LogP contribution in [0.2, 0.25) is 0 Å². The second-order valence-corrected chi connectivity index (χ2v) is 8.22. The summed E-state index contributed by atoms with van der Waals surface area (Å²) in [5.74, 6) is 2.80. The molecule has 4 aromatic heterocycles. The van der Waals surface area contributed by atoms with Gasteiger partial charge in [0.25, 0.3) is 0 Å². The second kappa shape index (κ2) is 7.05. The molecule has 0 saturated carbocycles. The molecule has 0 amide bonds. The minimum Gasteiger partial charge on any atom is -0.439 e. The average molecular weight is 416 g/mol. The predicted octanol–water partition coefficient (Wildman–Crippen LogP) is 2.84. The topological polar surface area (TPSA) is 88.1 Å². The molecule has 0 radical (unpaired) electrons. The van der Waals surface area contributed by atoms with Crippen LogP contribution in [0, 0.1) is 6.92 Å². The Hall–Kier alpha value is -3.46. The first kappa shape index (κ1) is 18.3. The number of piperazine rings is 1. The third-order valence-electron chi connectivity index (χ3n) is 6.12. The van der Waals surface area contributed by atoms with Gasteiger partial charge in [-0.1, -0.05) is 0 Å². The molecular formula is C22H24N8O. The summed E-state index contributed by atoms with van der Waals surface area (Å²) in [7, 11) is 2.16. The van der Waals surface area contributed by atoms with Crippen molar-refractivity contribution >= 4 is 28.5 Å². The van der Waals surface area contributed by atoms with E-state index in [4.69, 9.17) is 9.40 Å². The van der Waals surface area contributed by atoms with Crippen molar-refractivity contribution in [2.45, 2.75) is 19.9 Å². The number of hydrogen-bond acceptors (Lipinski definition) is 8. The molecule has 9 nitrogen and oxygen atoms in total. The fourth-order valence-electron chi connectivity index (χ4n) is 4.41. The van der Waals surface area contributed by atoms with Gasteiger partial charge in [0.05, 0.1) is 40.5 Å². The summed E-state index contributed by atoms with van der Waals surface area (Å²) in [4.78, 5) is 23.0. The Morgan fingerprint density at radius 3 is 2.68 bits per heavy atom. The van der Waals surface area contributed by atoms with Gasteiger partial charge in [0.15, 0.2) is 11.7 Å². The summed E-state index contributed by atoms with van der Waals surface area (Å²) in [5.41, 5.74) is 5.05. The highest BCUT2D eigenvalue weighted by Crippen LogP contribution is 2.34. The first-order chi connectivity index (χ1) is 15.1. The van der Waals surface area contributed by atoms with E-state index in [1.807, 2.05) is 25.4 Å². The third-order valence-corrected chi connectivity index (χ3v) is 6.12. The molecule has 0 atom stereocenters. The third kappa shape index (κ3) is 3.21. The number of aromatic nitrogens is 5. The number of aryl methyl sites for hydroxylation is 3. The number of hydrogen-bond donors (Lipinski definition) is 1. The van der Waals surface area contributed by atoms with Crippen molar-refractivity contribution in [3.05, 3.63) is 42.2 Å². The minimum absolute atomic E-state index is 0.532. The van der Waals surface area contributed by atoms with E-state index in [0.29, 0.717) is 11.8 Å². The van der Waals surface area contributed by atoms with Crippen molar-refractivity contribution in [1.82, 2.24) is 29.4 Å². The van der Waals surface area contributed by atoms with Crippen LogP contribution in [0.5, 0.6) is 0 Å². The zero-order valence-electron chi connectivity index (χ0n) is 17.7. The van der Waals surface area contributed by atoms with Crippen molar-refractivity contribution in [3.63, 3.8) is 0 Å². The lowest BCUT2D eigenvalue weighted by Gasteiger charge is -2.33. The second-order valence-electron chi connectivity index (χ2n) is 8.22. The van der Waals surface area contributed by atoms with Gasteiger partial charge in [-0.3, -0.25) is 0 Å². The fraction of sp³-hybridized carbons (Fsp3) is 0.364. The van der Waals surface area contributed by atoms with Gasteiger partial charge in [-0.2, -0.15) is 0 Å². The maximum absolute atomic E-state index is 5.84. The lowest BCUT2D eigenvalue weighted by molar-refractivity contribution is 0.313. The van der Waals surface area contributed by atoms with Gasteiger partial charge in [0.2, 0.25) is 5.95 Å². The molecule has 0 aliphatic carbocycles. The molecule has 1 fully saturated rings. The van der Waals surface area contributed by atoms with Crippen molar-refractivity contribution in [1.29, 1.82) is 0 Å². The van der Waals surface area contributed by atoms with Crippen LogP contribution in [0.25, 0.3) is 22.5 Å².